The quantitative estimate of drug-likeness (QED) is 0.579. The first-order valence-corrected chi connectivity index (χ1v) is 6.70. The van der Waals surface area contributed by atoms with Crippen LogP contribution >= 0.6 is 0 Å². The number of likely N-dealkylation sites (N-methyl/N-ethyl adjacent to an activating group) is 1. The van der Waals surface area contributed by atoms with Crippen LogP contribution in [0.1, 0.15) is 27.2 Å². The molecule has 2 N–H and O–H groups in total. The van der Waals surface area contributed by atoms with E-state index in [1.165, 1.54) is 7.11 Å². The monoisotopic (exact) mass is 274 g/mol. The van der Waals surface area contributed by atoms with Crippen LogP contribution in [0.3, 0.4) is 0 Å². The average Bonchev–Trinajstić information content (AvgIpc) is 2.42. The van der Waals surface area contributed by atoms with Gasteiger partial charge in [0.25, 0.3) is 0 Å². The molecule has 0 saturated carbocycles. The molecule has 0 heterocycles. The van der Waals surface area contributed by atoms with Gasteiger partial charge >= 0.3 is 5.97 Å². The zero-order valence-corrected chi connectivity index (χ0v) is 12.3. The largest absolute Gasteiger partial charge is 0.467 e. The molecule has 2 unspecified atom stereocenters. The van der Waals surface area contributed by atoms with Crippen molar-refractivity contribution in [1.29, 1.82) is 0 Å². The van der Waals surface area contributed by atoms with Crippen molar-refractivity contribution in [1.82, 2.24) is 10.2 Å². The van der Waals surface area contributed by atoms with Gasteiger partial charge in [-0.25, -0.2) is 4.79 Å². The number of esters is 1. The molecule has 0 fully saturated rings. The number of hydrogen-bond donors (Lipinski definition) is 2. The van der Waals surface area contributed by atoms with Crippen LogP contribution in [0.4, 0.5) is 0 Å². The van der Waals surface area contributed by atoms with Gasteiger partial charge in [-0.15, -0.1) is 0 Å². The van der Waals surface area contributed by atoms with Gasteiger partial charge in [0.1, 0.15) is 6.04 Å². The summed E-state index contributed by atoms with van der Waals surface area (Å²) in [6, 6.07) is -0.615. The molecule has 0 aromatic heterocycles. The number of rotatable bonds is 9. The van der Waals surface area contributed by atoms with E-state index in [0.29, 0.717) is 13.1 Å². The van der Waals surface area contributed by atoms with Gasteiger partial charge in [0.05, 0.1) is 20.3 Å². The fourth-order valence-corrected chi connectivity index (χ4v) is 1.71. The lowest BCUT2D eigenvalue weighted by Crippen LogP contribution is -2.49. The molecule has 1 amide bonds. The van der Waals surface area contributed by atoms with Crippen molar-refractivity contribution in [2.24, 2.45) is 5.92 Å². The zero-order valence-electron chi connectivity index (χ0n) is 12.3. The van der Waals surface area contributed by atoms with Crippen molar-refractivity contribution in [3.63, 3.8) is 0 Å². The van der Waals surface area contributed by atoms with E-state index in [0.717, 1.165) is 6.42 Å². The summed E-state index contributed by atoms with van der Waals surface area (Å²) in [6.45, 7) is 7.05. The fourth-order valence-electron chi connectivity index (χ4n) is 1.71. The highest BCUT2D eigenvalue weighted by Crippen LogP contribution is 2.09. The number of carbonyl (C=O) groups is 2. The maximum Gasteiger partial charge on any atom is 0.328 e. The number of aliphatic hydroxyl groups excluding tert-OH is 1. The van der Waals surface area contributed by atoms with E-state index >= 15 is 0 Å². The lowest BCUT2D eigenvalue weighted by Gasteiger charge is -2.24. The Morgan fingerprint density at radius 3 is 2.42 bits per heavy atom. The molecule has 0 radical (unpaired) electrons. The minimum atomic E-state index is -0.615. The second-order valence-electron chi connectivity index (χ2n) is 4.55. The van der Waals surface area contributed by atoms with Crippen LogP contribution in [-0.4, -0.2) is 61.3 Å². The Labute approximate surface area is 115 Å². The Hall–Kier alpha value is -1.14. The van der Waals surface area contributed by atoms with Gasteiger partial charge in [0.15, 0.2) is 0 Å². The Bertz CT molecular complexity index is 284. The second-order valence-corrected chi connectivity index (χ2v) is 4.55. The summed E-state index contributed by atoms with van der Waals surface area (Å²) < 4.78 is 4.71. The molecule has 0 bridgehead atoms. The first-order valence-electron chi connectivity index (χ1n) is 6.70. The van der Waals surface area contributed by atoms with E-state index in [2.05, 4.69) is 5.32 Å². The maximum atomic E-state index is 11.9. The summed E-state index contributed by atoms with van der Waals surface area (Å²) in [5.41, 5.74) is 0. The average molecular weight is 274 g/mol. The number of nitrogens with zero attached hydrogens (tertiary/aromatic N) is 1. The van der Waals surface area contributed by atoms with Crippen molar-refractivity contribution >= 4 is 11.9 Å². The molecule has 112 valence electrons. The van der Waals surface area contributed by atoms with Crippen LogP contribution in [0.25, 0.3) is 0 Å². The van der Waals surface area contributed by atoms with Gasteiger partial charge < -0.3 is 15.2 Å². The van der Waals surface area contributed by atoms with E-state index < -0.39 is 12.0 Å². The van der Waals surface area contributed by atoms with Gasteiger partial charge in [-0.3, -0.25) is 9.69 Å². The SMILES string of the molecule is CCC(C)C(NC(=O)CN(CC)CCO)C(=O)OC. The number of ether oxygens (including phenoxy) is 1. The van der Waals surface area contributed by atoms with Gasteiger partial charge in [0.2, 0.25) is 5.91 Å². The second kappa shape index (κ2) is 9.75. The molecular formula is C13H26N2O4. The summed E-state index contributed by atoms with van der Waals surface area (Å²) in [5, 5.41) is 11.6. The van der Waals surface area contributed by atoms with Crippen molar-refractivity contribution in [2.45, 2.75) is 33.2 Å². The van der Waals surface area contributed by atoms with E-state index in [-0.39, 0.29) is 25.0 Å². The first kappa shape index (κ1) is 17.9. The number of methoxy groups -OCH3 is 1. The van der Waals surface area contributed by atoms with Gasteiger partial charge in [-0.1, -0.05) is 27.2 Å². The highest BCUT2D eigenvalue weighted by molar-refractivity contribution is 5.85. The molecule has 2 atom stereocenters. The van der Waals surface area contributed by atoms with Crippen molar-refractivity contribution in [2.75, 3.05) is 33.4 Å². The van der Waals surface area contributed by atoms with Crippen LogP contribution in [0, 0.1) is 5.92 Å². The topological polar surface area (TPSA) is 78.9 Å². The van der Waals surface area contributed by atoms with Crippen molar-refractivity contribution < 1.29 is 19.4 Å². The van der Waals surface area contributed by atoms with Crippen LogP contribution in [0.15, 0.2) is 0 Å². The Morgan fingerprint density at radius 2 is 2.00 bits per heavy atom. The Morgan fingerprint density at radius 1 is 1.37 bits per heavy atom. The number of nitrogens with one attached hydrogen (secondary N) is 1. The van der Waals surface area contributed by atoms with Crippen LogP contribution in [0.5, 0.6) is 0 Å². The molecule has 6 heteroatoms. The van der Waals surface area contributed by atoms with E-state index in [9.17, 15) is 9.59 Å². The predicted octanol–water partition coefficient (Wildman–Crippen LogP) is 0.00450. The minimum Gasteiger partial charge on any atom is -0.467 e. The van der Waals surface area contributed by atoms with E-state index in [1.807, 2.05) is 20.8 Å². The van der Waals surface area contributed by atoms with E-state index in [1.54, 1.807) is 4.90 Å². The smallest absolute Gasteiger partial charge is 0.328 e. The molecule has 19 heavy (non-hydrogen) atoms. The summed E-state index contributed by atoms with van der Waals surface area (Å²) in [6.07, 6.45) is 0.772. The highest BCUT2D eigenvalue weighted by Gasteiger charge is 2.26. The summed E-state index contributed by atoms with van der Waals surface area (Å²) >= 11 is 0. The molecule has 0 aromatic rings. The maximum absolute atomic E-state index is 11.9. The molecule has 6 nitrogen and oxygen atoms in total. The molecule has 0 aliphatic rings. The summed E-state index contributed by atoms with van der Waals surface area (Å²) in [4.78, 5) is 25.3. The Balaban J connectivity index is 4.49. The molecule has 0 saturated heterocycles. The molecular weight excluding hydrogens is 248 g/mol. The number of carbonyl (C=O) groups excluding carboxylic acids is 2. The first-order chi connectivity index (χ1) is 8.99. The number of amides is 1. The Kier molecular flexibility index (Phi) is 9.16. The van der Waals surface area contributed by atoms with E-state index in [4.69, 9.17) is 9.84 Å². The number of hydrogen-bond acceptors (Lipinski definition) is 5. The third kappa shape index (κ3) is 6.54. The third-order valence-electron chi connectivity index (χ3n) is 3.22. The molecule has 0 aromatic carbocycles. The van der Waals surface area contributed by atoms with Crippen LogP contribution < -0.4 is 5.32 Å². The van der Waals surface area contributed by atoms with Gasteiger partial charge in [-0.05, 0) is 12.5 Å². The summed E-state index contributed by atoms with van der Waals surface area (Å²) in [7, 11) is 1.31. The van der Waals surface area contributed by atoms with Crippen molar-refractivity contribution in [3.05, 3.63) is 0 Å². The zero-order chi connectivity index (χ0) is 14.8. The van der Waals surface area contributed by atoms with Gasteiger partial charge in [-0.2, -0.15) is 0 Å². The normalized spacial score (nSPS) is 14.0. The molecule has 0 aliphatic heterocycles. The van der Waals surface area contributed by atoms with Crippen LogP contribution in [-0.2, 0) is 14.3 Å². The standard InChI is InChI=1S/C13H26N2O4/c1-5-10(3)12(13(18)19-4)14-11(17)9-15(6-2)7-8-16/h10,12,16H,5-9H2,1-4H3,(H,14,17). The van der Waals surface area contributed by atoms with Crippen molar-refractivity contribution in [3.8, 4) is 0 Å². The summed E-state index contributed by atoms with van der Waals surface area (Å²) in [5.74, 6) is -0.636. The molecule has 0 rings (SSSR count). The molecule has 0 spiro atoms. The fraction of sp³-hybridized carbons (Fsp3) is 0.846. The van der Waals surface area contributed by atoms with Gasteiger partial charge in [0, 0.05) is 6.54 Å². The highest BCUT2D eigenvalue weighted by atomic mass is 16.5. The predicted molar refractivity (Wildman–Crippen MR) is 72.6 cm³/mol. The lowest BCUT2D eigenvalue weighted by atomic mass is 9.99. The lowest BCUT2D eigenvalue weighted by molar-refractivity contribution is -0.146. The molecule has 0 aliphatic carbocycles. The number of aliphatic hydroxyl groups is 1. The minimum absolute atomic E-state index is 0.00686. The van der Waals surface area contributed by atoms with Crippen LogP contribution in [0.2, 0.25) is 0 Å². The third-order valence-corrected chi connectivity index (χ3v) is 3.22.